The van der Waals surface area contributed by atoms with Gasteiger partial charge in [-0.05, 0) is 31.5 Å². The summed E-state index contributed by atoms with van der Waals surface area (Å²) < 4.78 is 26.6. The highest BCUT2D eigenvalue weighted by Crippen LogP contribution is 2.24. The summed E-state index contributed by atoms with van der Waals surface area (Å²) in [6.07, 6.45) is 0.399. The second-order valence-electron chi connectivity index (χ2n) is 4.29. The Hall–Kier alpha value is -2.18. The number of carboxylic acid groups (broad SMARTS) is 1. The number of azide groups is 1. The lowest BCUT2D eigenvalue weighted by Gasteiger charge is -2.27. The van der Waals surface area contributed by atoms with Crippen LogP contribution in [-0.4, -0.2) is 24.2 Å². The quantitative estimate of drug-likeness (QED) is 0.348. The maximum absolute atomic E-state index is 13.7. The molecule has 0 saturated carbocycles. The van der Waals surface area contributed by atoms with Crippen molar-refractivity contribution in [2.24, 2.45) is 5.11 Å². The molecule has 0 aromatic heterocycles. The SMILES string of the molecule is CC(NCCCN=[N+]=[N-])(C(=O)O)c1ccc(F)cc1F. The molecule has 0 spiro atoms. The molecule has 0 amide bonds. The van der Waals surface area contributed by atoms with E-state index in [0.717, 1.165) is 12.1 Å². The van der Waals surface area contributed by atoms with Crippen LogP contribution in [0.15, 0.2) is 23.3 Å². The molecule has 8 heteroatoms. The summed E-state index contributed by atoms with van der Waals surface area (Å²) >= 11 is 0. The summed E-state index contributed by atoms with van der Waals surface area (Å²) in [5.41, 5.74) is 6.27. The van der Waals surface area contributed by atoms with Crippen molar-refractivity contribution in [3.8, 4) is 0 Å². The van der Waals surface area contributed by atoms with E-state index >= 15 is 0 Å². The first-order valence-corrected chi connectivity index (χ1v) is 5.86. The van der Waals surface area contributed by atoms with Gasteiger partial charge in [0.05, 0.1) is 0 Å². The molecule has 0 saturated heterocycles. The Morgan fingerprint density at radius 2 is 2.25 bits per heavy atom. The molecule has 0 fully saturated rings. The largest absolute Gasteiger partial charge is 0.480 e. The number of benzene rings is 1. The Morgan fingerprint density at radius 3 is 2.80 bits per heavy atom. The Balaban J connectivity index is 2.91. The van der Waals surface area contributed by atoms with Gasteiger partial charge in [-0.3, -0.25) is 5.32 Å². The van der Waals surface area contributed by atoms with Gasteiger partial charge in [0.15, 0.2) is 0 Å². The lowest BCUT2D eigenvalue weighted by atomic mass is 9.91. The number of aliphatic carboxylic acids is 1. The fraction of sp³-hybridized carbons (Fsp3) is 0.417. The minimum absolute atomic E-state index is 0.157. The normalized spacial score (nSPS) is 13.3. The molecule has 2 N–H and O–H groups in total. The van der Waals surface area contributed by atoms with Crippen LogP contribution in [0, 0.1) is 11.6 Å². The molecule has 1 aromatic carbocycles. The zero-order valence-corrected chi connectivity index (χ0v) is 10.8. The molecule has 0 aliphatic rings. The molecule has 0 aliphatic heterocycles. The van der Waals surface area contributed by atoms with Gasteiger partial charge < -0.3 is 5.11 Å². The number of carboxylic acids is 1. The Bertz CT molecular complexity index is 546. The van der Waals surface area contributed by atoms with E-state index in [0.29, 0.717) is 12.5 Å². The number of carbonyl (C=O) groups is 1. The van der Waals surface area contributed by atoms with Crippen molar-refractivity contribution in [1.29, 1.82) is 0 Å². The number of hydrogen-bond donors (Lipinski definition) is 2. The molecule has 0 bridgehead atoms. The van der Waals surface area contributed by atoms with Crippen LogP contribution in [0.5, 0.6) is 0 Å². The summed E-state index contributed by atoms with van der Waals surface area (Å²) in [6.45, 7) is 1.70. The third-order valence-electron chi connectivity index (χ3n) is 2.87. The van der Waals surface area contributed by atoms with Gasteiger partial charge in [-0.25, -0.2) is 13.6 Å². The minimum atomic E-state index is -1.69. The highest BCUT2D eigenvalue weighted by atomic mass is 19.1. The highest BCUT2D eigenvalue weighted by Gasteiger charge is 2.37. The van der Waals surface area contributed by atoms with Crippen LogP contribution in [0.3, 0.4) is 0 Å². The number of nitrogens with zero attached hydrogens (tertiary/aromatic N) is 3. The lowest BCUT2D eigenvalue weighted by Crippen LogP contribution is -2.47. The van der Waals surface area contributed by atoms with E-state index in [2.05, 4.69) is 15.3 Å². The van der Waals surface area contributed by atoms with E-state index in [-0.39, 0.29) is 18.7 Å². The van der Waals surface area contributed by atoms with Crippen molar-refractivity contribution in [2.45, 2.75) is 18.9 Å². The van der Waals surface area contributed by atoms with Crippen LogP contribution in [0.2, 0.25) is 0 Å². The molecule has 0 aliphatic carbocycles. The van der Waals surface area contributed by atoms with Gasteiger partial charge in [-0.15, -0.1) is 0 Å². The Labute approximate surface area is 114 Å². The van der Waals surface area contributed by atoms with E-state index in [1.54, 1.807) is 0 Å². The molecule has 0 radical (unpaired) electrons. The summed E-state index contributed by atoms with van der Waals surface area (Å²) in [5, 5.41) is 15.3. The molecule has 20 heavy (non-hydrogen) atoms. The van der Waals surface area contributed by atoms with Crippen molar-refractivity contribution < 1.29 is 18.7 Å². The monoisotopic (exact) mass is 284 g/mol. The molecule has 1 unspecified atom stereocenters. The van der Waals surface area contributed by atoms with Crippen molar-refractivity contribution in [1.82, 2.24) is 5.32 Å². The fourth-order valence-electron chi connectivity index (χ4n) is 1.71. The van der Waals surface area contributed by atoms with E-state index < -0.39 is 23.1 Å². The molecule has 1 atom stereocenters. The van der Waals surface area contributed by atoms with Crippen LogP contribution in [-0.2, 0) is 10.3 Å². The van der Waals surface area contributed by atoms with Crippen molar-refractivity contribution in [2.75, 3.05) is 13.1 Å². The number of hydrogen-bond acceptors (Lipinski definition) is 3. The van der Waals surface area contributed by atoms with E-state index in [9.17, 15) is 18.7 Å². The summed E-state index contributed by atoms with van der Waals surface area (Å²) in [5.74, 6) is -2.99. The smallest absolute Gasteiger partial charge is 0.328 e. The van der Waals surface area contributed by atoms with Gasteiger partial charge in [0.25, 0.3) is 0 Å². The average Bonchev–Trinajstić information content (AvgIpc) is 2.37. The van der Waals surface area contributed by atoms with Crippen molar-refractivity contribution in [3.63, 3.8) is 0 Å². The molecule has 0 heterocycles. The van der Waals surface area contributed by atoms with Gasteiger partial charge >= 0.3 is 5.97 Å². The van der Waals surface area contributed by atoms with Crippen LogP contribution in [0.25, 0.3) is 10.4 Å². The maximum Gasteiger partial charge on any atom is 0.328 e. The van der Waals surface area contributed by atoms with Gasteiger partial charge in [-0.1, -0.05) is 11.2 Å². The van der Waals surface area contributed by atoms with Gasteiger partial charge in [0, 0.05) is 23.1 Å². The predicted molar refractivity (Wildman–Crippen MR) is 68.0 cm³/mol. The zero-order valence-electron chi connectivity index (χ0n) is 10.8. The first-order valence-electron chi connectivity index (χ1n) is 5.86. The molecule has 1 rings (SSSR count). The maximum atomic E-state index is 13.7. The lowest BCUT2D eigenvalue weighted by molar-refractivity contribution is -0.144. The summed E-state index contributed by atoms with van der Waals surface area (Å²) in [7, 11) is 0. The predicted octanol–water partition coefficient (Wildman–Crippen LogP) is 2.55. The van der Waals surface area contributed by atoms with Gasteiger partial charge in [-0.2, -0.15) is 0 Å². The fourth-order valence-corrected chi connectivity index (χ4v) is 1.71. The third-order valence-corrected chi connectivity index (χ3v) is 2.87. The van der Waals surface area contributed by atoms with Gasteiger partial charge in [0.2, 0.25) is 0 Å². The molecule has 6 nitrogen and oxygen atoms in total. The van der Waals surface area contributed by atoms with Crippen molar-refractivity contribution >= 4 is 5.97 Å². The number of nitrogens with one attached hydrogen (secondary N) is 1. The zero-order chi connectivity index (χ0) is 15.2. The van der Waals surface area contributed by atoms with Crippen molar-refractivity contribution in [3.05, 3.63) is 45.8 Å². The van der Waals surface area contributed by atoms with E-state index in [1.807, 2.05) is 0 Å². The average molecular weight is 284 g/mol. The molecule has 108 valence electrons. The van der Waals surface area contributed by atoms with E-state index in [4.69, 9.17) is 5.53 Å². The number of rotatable bonds is 7. The summed E-state index contributed by atoms with van der Waals surface area (Å²) in [6, 6.07) is 2.73. The molecular weight excluding hydrogens is 270 g/mol. The highest BCUT2D eigenvalue weighted by molar-refractivity contribution is 5.80. The first-order chi connectivity index (χ1) is 9.41. The Kier molecular flexibility index (Phi) is 5.42. The minimum Gasteiger partial charge on any atom is -0.480 e. The second kappa shape index (κ2) is 6.83. The standard InChI is InChI=1S/C12H14F2N4O2/c1-12(11(19)20,16-5-2-6-17-18-15)9-4-3-8(13)7-10(9)14/h3-4,7,16H,2,5-6H2,1H3,(H,19,20). The second-order valence-corrected chi connectivity index (χ2v) is 4.29. The van der Waals surface area contributed by atoms with Crippen LogP contribution < -0.4 is 5.32 Å². The van der Waals surface area contributed by atoms with Crippen LogP contribution >= 0.6 is 0 Å². The number of halogens is 2. The summed E-state index contributed by atoms with van der Waals surface area (Å²) in [4.78, 5) is 13.9. The van der Waals surface area contributed by atoms with E-state index in [1.165, 1.54) is 6.92 Å². The third kappa shape index (κ3) is 3.66. The Morgan fingerprint density at radius 1 is 1.55 bits per heavy atom. The molecular formula is C12H14F2N4O2. The molecule has 1 aromatic rings. The van der Waals surface area contributed by atoms with Crippen LogP contribution in [0.1, 0.15) is 18.9 Å². The topological polar surface area (TPSA) is 98.1 Å². The van der Waals surface area contributed by atoms with Gasteiger partial charge in [0.1, 0.15) is 17.2 Å². The van der Waals surface area contributed by atoms with Crippen LogP contribution in [0.4, 0.5) is 8.78 Å². The first kappa shape index (κ1) is 15.9.